The van der Waals surface area contributed by atoms with Gasteiger partial charge < -0.3 is 10.0 Å². The molecular weight excluding hydrogens is 362 g/mol. The first kappa shape index (κ1) is 21.5. The van der Waals surface area contributed by atoms with E-state index < -0.39 is 0 Å². The first-order valence-corrected chi connectivity index (χ1v) is 9.61. The van der Waals surface area contributed by atoms with E-state index in [1.54, 1.807) is 10.9 Å². The van der Waals surface area contributed by atoms with Crippen LogP contribution in [0.1, 0.15) is 44.4 Å². The van der Waals surface area contributed by atoms with E-state index in [-0.39, 0.29) is 18.4 Å². The molecule has 1 aliphatic heterocycles. The Morgan fingerprint density at radius 3 is 2.71 bits per heavy atom. The van der Waals surface area contributed by atoms with E-state index in [0.29, 0.717) is 0 Å². The van der Waals surface area contributed by atoms with Gasteiger partial charge in [-0.25, -0.2) is 4.98 Å². The number of rotatable bonds is 6. The Labute approximate surface area is 164 Å². The number of hydrogen-bond acceptors (Lipinski definition) is 6. The maximum Gasteiger partial charge on any atom is 0.290 e. The number of carboxylic acid groups (broad SMARTS) is 1. The highest BCUT2D eigenvalue weighted by atomic mass is 16.3. The van der Waals surface area contributed by atoms with Gasteiger partial charge in [-0.3, -0.25) is 24.3 Å². The third kappa shape index (κ3) is 5.88. The number of aromatic amines is 1. The van der Waals surface area contributed by atoms with Crippen molar-refractivity contribution in [3.63, 3.8) is 0 Å². The zero-order valence-corrected chi connectivity index (χ0v) is 16.5. The van der Waals surface area contributed by atoms with Gasteiger partial charge in [0.05, 0.1) is 6.54 Å². The lowest BCUT2D eigenvalue weighted by molar-refractivity contribution is -0.135. The molecule has 0 aromatic carbocycles. The predicted molar refractivity (Wildman–Crippen MR) is 102 cm³/mol. The molecule has 1 aliphatic rings. The Morgan fingerprint density at radius 2 is 2.11 bits per heavy atom. The molecule has 2 aromatic heterocycles. The van der Waals surface area contributed by atoms with Crippen molar-refractivity contribution in [2.24, 2.45) is 0 Å². The van der Waals surface area contributed by atoms with Gasteiger partial charge >= 0.3 is 0 Å². The first-order valence-electron chi connectivity index (χ1n) is 9.61. The lowest BCUT2D eigenvalue weighted by atomic mass is 10.2. The van der Waals surface area contributed by atoms with Crippen LogP contribution in [-0.4, -0.2) is 78.4 Å². The van der Waals surface area contributed by atoms with Crippen LogP contribution in [0.2, 0.25) is 0 Å². The summed E-state index contributed by atoms with van der Waals surface area (Å²) in [4.78, 5) is 30.1. The molecule has 3 heterocycles. The normalized spacial score (nSPS) is 16.0. The second-order valence-electron chi connectivity index (χ2n) is 6.52. The molecule has 154 valence electrons. The van der Waals surface area contributed by atoms with Gasteiger partial charge in [-0.1, -0.05) is 13.8 Å². The molecular formula is C18H29N7O3. The van der Waals surface area contributed by atoms with Gasteiger partial charge in [0.2, 0.25) is 5.91 Å². The third-order valence-corrected chi connectivity index (χ3v) is 4.68. The number of H-pyrrole nitrogens is 1. The highest BCUT2D eigenvalue weighted by molar-refractivity contribution is 5.80. The summed E-state index contributed by atoms with van der Waals surface area (Å²) < 4.78 is 1.77. The van der Waals surface area contributed by atoms with Crippen LogP contribution in [0.4, 0.5) is 0 Å². The van der Waals surface area contributed by atoms with Gasteiger partial charge in [-0.2, -0.15) is 10.2 Å². The summed E-state index contributed by atoms with van der Waals surface area (Å²) in [6.45, 7) is 7.93. The minimum absolute atomic E-state index is 0.168. The van der Waals surface area contributed by atoms with Gasteiger partial charge in [0.1, 0.15) is 17.7 Å². The van der Waals surface area contributed by atoms with Crippen molar-refractivity contribution in [1.82, 2.24) is 34.8 Å². The molecule has 1 atom stereocenters. The number of nitrogens with zero attached hydrogens (tertiary/aromatic N) is 6. The molecule has 2 aromatic rings. The Kier molecular flexibility index (Phi) is 8.60. The maximum atomic E-state index is 12.9. The minimum atomic E-state index is -0.250. The van der Waals surface area contributed by atoms with Crippen LogP contribution in [0.5, 0.6) is 0 Å². The van der Waals surface area contributed by atoms with Crippen LogP contribution in [0.3, 0.4) is 0 Å². The van der Waals surface area contributed by atoms with Gasteiger partial charge in [-0.15, -0.1) is 0 Å². The second-order valence-corrected chi connectivity index (χ2v) is 6.52. The van der Waals surface area contributed by atoms with Crippen LogP contribution < -0.4 is 0 Å². The number of aromatic nitrogens is 5. The lowest BCUT2D eigenvalue weighted by Gasteiger charge is -2.26. The van der Waals surface area contributed by atoms with Gasteiger partial charge in [-0.05, 0) is 18.9 Å². The summed E-state index contributed by atoms with van der Waals surface area (Å²) in [5.74, 6) is 1.92. The second kappa shape index (κ2) is 11.2. The van der Waals surface area contributed by atoms with E-state index in [1.807, 2.05) is 31.0 Å². The van der Waals surface area contributed by atoms with Crippen LogP contribution in [0.15, 0.2) is 18.5 Å². The Balaban J connectivity index is 0.000000878. The Bertz CT molecular complexity index is 717. The zero-order chi connectivity index (χ0) is 20.4. The standard InChI is InChI=1S/C17H27N7O.CH2O2/c1-3-14(24-10-5-7-18-24)17(25)23-9-6-8-22(11-12-23)13-16-19-15(4-2)20-21-16;2-1-3/h5,7,10,14H,3-4,6,8-9,11-13H2,1-2H3,(H,19,20,21);1H,(H,2,3). The zero-order valence-electron chi connectivity index (χ0n) is 16.5. The van der Waals surface area contributed by atoms with Crippen LogP contribution in [-0.2, 0) is 22.6 Å². The average molecular weight is 391 g/mol. The molecule has 2 N–H and O–H groups in total. The van der Waals surface area contributed by atoms with E-state index in [2.05, 4.69) is 25.2 Å². The van der Waals surface area contributed by atoms with E-state index in [9.17, 15) is 4.79 Å². The minimum Gasteiger partial charge on any atom is -0.483 e. The van der Waals surface area contributed by atoms with Crippen molar-refractivity contribution >= 4 is 12.4 Å². The van der Waals surface area contributed by atoms with Crippen molar-refractivity contribution in [3.05, 3.63) is 30.1 Å². The molecule has 0 spiro atoms. The third-order valence-electron chi connectivity index (χ3n) is 4.68. The summed E-state index contributed by atoms with van der Waals surface area (Å²) in [7, 11) is 0. The number of aryl methyl sites for hydroxylation is 1. The van der Waals surface area contributed by atoms with Gasteiger partial charge in [0, 0.05) is 45.0 Å². The molecule has 1 unspecified atom stereocenters. The van der Waals surface area contributed by atoms with Crippen molar-refractivity contribution in [3.8, 4) is 0 Å². The number of nitrogens with one attached hydrogen (secondary N) is 1. The van der Waals surface area contributed by atoms with Crippen LogP contribution in [0.25, 0.3) is 0 Å². The molecule has 28 heavy (non-hydrogen) atoms. The van der Waals surface area contributed by atoms with Crippen molar-refractivity contribution < 1.29 is 14.7 Å². The SMILES string of the molecule is CCc1n[nH]c(CN2CCCN(C(=O)C(CC)n3cccn3)CC2)n1.O=CO. The largest absolute Gasteiger partial charge is 0.483 e. The highest BCUT2D eigenvalue weighted by Crippen LogP contribution is 2.16. The number of amides is 1. The molecule has 1 saturated heterocycles. The predicted octanol–water partition coefficient (Wildman–Crippen LogP) is 0.950. The summed E-state index contributed by atoms with van der Waals surface area (Å²) in [6.07, 6.45) is 6.15. The smallest absolute Gasteiger partial charge is 0.290 e. The fourth-order valence-corrected chi connectivity index (χ4v) is 3.28. The fourth-order valence-electron chi connectivity index (χ4n) is 3.28. The van der Waals surface area contributed by atoms with E-state index in [1.165, 1.54) is 0 Å². The molecule has 0 bridgehead atoms. The number of carbonyl (C=O) groups excluding carboxylic acids is 1. The maximum absolute atomic E-state index is 12.9. The van der Waals surface area contributed by atoms with Crippen LogP contribution in [0, 0.1) is 0 Å². The topological polar surface area (TPSA) is 120 Å². The number of carbonyl (C=O) groups is 2. The van der Waals surface area contributed by atoms with Crippen molar-refractivity contribution in [2.75, 3.05) is 26.2 Å². The summed E-state index contributed by atoms with van der Waals surface area (Å²) in [5, 5.41) is 18.3. The summed E-state index contributed by atoms with van der Waals surface area (Å²) in [5.41, 5.74) is 0. The molecule has 10 heteroatoms. The van der Waals surface area contributed by atoms with E-state index in [0.717, 1.165) is 63.6 Å². The molecule has 10 nitrogen and oxygen atoms in total. The monoisotopic (exact) mass is 391 g/mol. The summed E-state index contributed by atoms with van der Waals surface area (Å²) >= 11 is 0. The average Bonchev–Trinajstić information content (AvgIpc) is 3.32. The molecule has 0 radical (unpaired) electrons. The Hall–Kier alpha value is -2.75. The summed E-state index contributed by atoms with van der Waals surface area (Å²) in [6, 6.07) is 1.66. The molecule has 0 saturated carbocycles. The lowest BCUT2D eigenvalue weighted by Crippen LogP contribution is -2.39. The number of hydrogen-bond donors (Lipinski definition) is 2. The van der Waals surface area contributed by atoms with Gasteiger partial charge in [0.15, 0.2) is 0 Å². The fraction of sp³-hybridized carbons (Fsp3) is 0.611. The van der Waals surface area contributed by atoms with Gasteiger partial charge in [0.25, 0.3) is 6.47 Å². The first-order chi connectivity index (χ1) is 13.6. The quantitative estimate of drug-likeness (QED) is 0.703. The molecule has 1 amide bonds. The van der Waals surface area contributed by atoms with Crippen molar-refractivity contribution in [2.45, 2.75) is 45.7 Å². The van der Waals surface area contributed by atoms with Crippen LogP contribution >= 0.6 is 0 Å². The molecule has 0 aliphatic carbocycles. The highest BCUT2D eigenvalue weighted by Gasteiger charge is 2.26. The molecule has 1 fully saturated rings. The molecule has 3 rings (SSSR count). The Morgan fingerprint density at radius 1 is 1.32 bits per heavy atom. The van der Waals surface area contributed by atoms with Crippen molar-refractivity contribution in [1.29, 1.82) is 0 Å². The van der Waals surface area contributed by atoms with E-state index in [4.69, 9.17) is 9.90 Å². The van der Waals surface area contributed by atoms with E-state index >= 15 is 0 Å².